The Morgan fingerprint density at radius 2 is 1.74 bits per heavy atom. The SMILES string of the molecule is COc1ccc(CCN=C(Nc2ccccc2)SC2CC(=O)N(c3ccc(C(=O)O)cc3)C2=O)cc1OC. The van der Waals surface area contributed by atoms with E-state index in [-0.39, 0.29) is 23.8 Å². The van der Waals surface area contributed by atoms with E-state index in [1.54, 1.807) is 14.2 Å². The van der Waals surface area contributed by atoms with Gasteiger partial charge in [0.25, 0.3) is 0 Å². The highest BCUT2D eigenvalue weighted by molar-refractivity contribution is 8.15. The fourth-order valence-corrected chi connectivity index (χ4v) is 4.97. The molecule has 2 amide bonds. The second-order valence-corrected chi connectivity index (χ2v) is 9.54. The van der Waals surface area contributed by atoms with Gasteiger partial charge in [0, 0.05) is 18.7 Å². The molecule has 0 radical (unpaired) electrons. The Morgan fingerprint density at radius 3 is 2.39 bits per heavy atom. The first kappa shape index (κ1) is 26.7. The predicted octanol–water partition coefficient (Wildman–Crippen LogP) is 4.48. The molecule has 0 bridgehead atoms. The van der Waals surface area contributed by atoms with E-state index in [1.165, 1.54) is 36.0 Å². The van der Waals surface area contributed by atoms with Crippen LogP contribution in [-0.2, 0) is 16.0 Å². The number of aliphatic imine (C=N–C) groups is 1. The van der Waals surface area contributed by atoms with Gasteiger partial charge in [-0.05, 0) is 60.5 Å². The fourth-order valence-electron chi connectivity index (χ4n) is 3.93. The highest BCUT2D eigenvalue weighted by Crippen LogP contribution is 2.31. The predicted molar refractivity (Wildman–Crippen MR) is 148 cm³/mol. The van der Waals surface area contributed by atoms with Gasteiger partial charge in [0.1, 0.15) is 5.25 Å². The molecule has 1 aliphatic rings. The Hall–Kier alpha value is -4.31. The number of carboxylic acids is 1. The van der Waals surface area contributed by atoms with E-state index in [0.29, 0.717) is 35.3 Å². The van der Waals surface area contributed by atoms with Gasteiger partial charge in [0.05, 0.1) is 25.5 Å². The number of hydrogen-bond donors (Lipinski definition) is 2. The van der Waals surface area contributed by atoms with Crippen LogP contribution in [0, 0.1) is 0 Å². The molecule has 1 heterocycles. The number of carbonyl (C=O) groups is 3. The number of anilines is 2. The van der Waals surface area contributed by atoms with Crippen LogP contribution in [0.3, 0.4) is 0 Å². The van der Waals surface area contributed by atoms with Crippen LogP contribution in [0.4, 0.5) is 11.4 Å². The maximum Gasteiger partial charge on any atom is 0.335 e. The summed E-state index contributed by atoms with van der Waals surface area (Å²) < 4.78 is 10.7. The monoisotopic (exact) mass is 533 g/mol. The second-order valence-electron chi connectivity index (χ2n) is 8.35. The summed E-state index contributed by atoms with van der Waals surface area (Å²) in [6.45, 7) is 0.437. The van der Waals surface area contributed by atoms with Crippen LogP contribution in [0.15, 0.2) is 77.8 Å². The van der Waals surface area contributed by atoms with Crippen LogP contribution >= 0.6 is 11.8 Å². The van der Waals surface area contributed by atoms with Crippen molar-refractivity contribution < 1.29 is 29.0 Å². The molecule has 10 heteroatoms. The van der Waals surface area contributed by atoms with Crippen LogP contribution in [0.2, 0.25) is 0 Å². The first-order valence-electron chi connectivity index (χ1n) is 11.8. The Labute approximate surface area is 224 Å². The van der Waals surface area contributed by atoms with Crippen LogP contribution in [0.1, 0.15) is 22.3 Å². The Bertz CT molecular complexity index is 1340. The van der Waals surface area contributed by atoms with Crippen molar-refractivity contribution in [2.75, 3.05) is 31.0 Å². The largest absolute Gasteiger partial charge is 0.493 e. The molecule has 2 N–H and O–H groups in total. The van der Waals surface area contributed by atoms with Gasteiger partial charge in [-0.1, -0.05) is 36.0 Å². The molecule has 1 unspecified atom stereocenters. The molecule has 1 aliphatic heterocycles. The number of nitrogens with one attached hydrogen (secondary N) is 1. The van der Waals surface area contributed by atoms with E-state index < -0.39 is 11.2 Å². The third-order valence-corrected chi connectivity index (χ3v) is 6.97. The molecule has 1 saturated heterocycles. The number of carboxylic acid groups (broad SMARTS) is 1. The number of thioether (sulfide) groups is 1. The number of amides is 2. The molecule has 1 fully saturated rings. The number of benzene rings is 3. The molecule has 3 aromatic rings. The molecule has 0 aromatic heterocycles. The van der Waals surface area contributed by atoms with Crippen LogP contribution in [0.25, 0.3) is 0 Å². The normalized spacial score (nSPS) is 15.5. The van der Waals surface area contributed by atoms with Gasteiger partial charge < -0.3 is 19.9 Å². The molecule has 0 aliphatic carbocycles. The number of hydrogen-bond acceptors (Lipinski definition) is 7. The van der Waals surface area contributed by atoms with E-state index in [4.69, 9.17) is 19.6 Å². The summed E-state index contributed by atoms with van der Waals surface area (Å²) >= 11 is 1.20. The number of aromatic carboxylic acids is 1. The Balaban J connectivity index is 1.50. The van der Waals surface area contributed by atoms with E-state index in [9.17, 15) is 14.4 Å². The van der Waals surface area contributed by atoms with Gasteiger partial charge in [-0.25, -0.2) is 9.69 Å². The molecule has 9 nitrogen and oxygen atoms in total. The van der Waals surface area contributed by atoms with Gasteiger partial charge in [-0.3, -0.25) is 14.6 Å². The highest BCUT2D eigenvalue weighted by Gasteiger charge is 2.40. The third kappa shape index (κ3) is 6.33. The summed E-state index contributed by atoms with van der Waals surface area (Å²) in [7, 11) is 3.17. The van der Waals surface area contributed by atoms with E-state index in [0.717, 1.165) is 16.2 Å². The van der Waals surface area contributed by atoms with Crippen molar-refractivity contribution in [1.82, 2.24) is 0 Å². The van der Waals surface area contributed by atoms with E-state index >= 15 is 0 Å². The maximum absolute atomic E-state index is 13.2. The highest BCUT2D eigenvalue weighted by atomic mass is 32.2. The average molecular weight is 534 g/mol. The zero-order chi connectivity index (χ0) is 27.1. The minimum Gasteiger partial charge on any atom is -0.493 e. The second kappa shape index (κ2) is 12.3. The number of imide groups is 1. The van der Waals surface area contributed by atoms with Crippen molar-refractivity contribution in [3.8, 4) is 11.5 Å². The molecule has 3 aromatic carbocycles. The number of methoxy groups -OCH3 is 2. The number of ether oxygens (including phenoxy) is 2. The standard InChI is InChI=1S/C28H27N3O6S/c1-36-22-13-8-18(16-23(22)37-2)14-15-29-28(30-20-6-4-3-5-7-20)38-24-17-25(32)31(26(24)33)21-11-9-19(10-12-21)27(34)35/h3-13,16,24H,14-15,17H2,1-2H3,(H,29,30)(H,34,35). The summed E-state index contributed by atoms with van der Waals surface area (Å²) in [5, 5.41) is 12.2. The summed E-state index contributed by atoms with van der Waals surface area (Å²) in [5.74, 6) is -0.513. The van der Waals surface area contributed by atoms with Crippen molar-refractivity contribution in [2.45, 2.75) is 18.1 Å². The number of amidine groups is 1. The summed E-state index contributed by atoms with van der Waals surface area (Å²) in [4.78, 5) is 42.9. The van der Waals surface area contributed by atoms with Gasteiger partial charge >= 0.3 is 5.97 Å². The van der Waals surface area contributed by atoms with Crippen LogP contribution < -0.4 is 19.7 Å². The molecule has 0 spiro atoms. The zero-order valence-electron chi connectivity index (χ0n) is 20.9. The quantitative estimate of drug-likeness (QED) is 0.235. The average Bonchev–Trinajstić information content (AvgIpc) is 3.21. The lowest BCUT2D eigenvalue weighted by atomic mass is 10.1. The first-order valence-corrected chi connectivity index (χ1v) is 12.7. The lowest BCUT2D eigenvalue weighted by Crippen LogP contribution is -2.31. The minimum atomic E-state index is -1.08. The molecular weight excluding hydrogens is 506 g/mol. The Morgan fingerprint density at radius 1 is 1.03 bits per heavy atom. The van der Waals surface area contributed by atoms with Gasteiger partial charge in [0.2, 0.25) is 11.8 Å². The van der Waals surface area contributed by atoms with Gasteiger partial charge in [-0.2, -0.15) is 0 Å². The zero-order valence-corrected chi connectivity index (χ0v) is 21.7. The molecule has 4 rings (SSSR count). The molecule has 1 atom stereocenters. The molecule has 0 saturated carbocycles. The van der Waals surface area contributed by atoms with Crippen molar-refractivity contribution in [2.24, 2.45) is 4.99 Å². The van der Waals surface area contributed by atoms with Crippen molar-refractivity contribution in [1.29, 1.82) is 0 Å². The number of rotatable bonds is 9. The lowest BCUT2D eigenvalue weighted by molar-refractivity contribution is -0.121. The fraction of sp³-hybridized carbons (Fsp3) is 0.214. The summed E-state index contributed by atoms with van der Waals surface area (Å²) in [5.41, 5.74) is 2.24. The topological polar surface area (TPSA) is 118 Å². The number of carbonyl (C=O) groups excluding carboxylic acids is 2. The third-order valence-electron chi connectivity index (χ3n) is 5.86. The van der Waals surface area contributed by atoms with Crippen molar-refractivity contribution >= 4 is 46.1 Å². The molecular formula is C28H27N3O6S. The van der Waals surface area contributed by atoms with Gasteiger partial charge in [-0.15, -0.1) is 0 Å². The van der Waals surface area contributed by atoms with E-state index in [2.05, 4.69) is 5.32 Å². The summed E-state index contributed by atoms with van der Waals surface area (Å²) in [6, 6.07) is 20.8. The first-order chi connectivity index (χ1) is 18.4. The molecule has 196 valence electrons. The van der Waals surface area contributed by atoms with Gasteiger partial charge in [0.15, 0.2) is 16.7 Å². The van der Waals surface area contributed by atoms with Crippen LogP contribution in [0.5, 0.6) is 11.5 Å². The smallest absolute Gasteiger partial charge is 0.335 e. The maximum atomic E-state index is 13.2. The minimum absolute atomic E-state index is 0.00928. The summed E-state index contributed by atoms with van der Waals surface area (Å²) in [6.07, 6.45) is 0.635. The molecule has 38 heavy (non-hydrogen) atoms. The van der Waals surface area contributed by atoms with E-state index in [1.807, 2.05) is 48.5 Å². The lowest BCUT2D eigenvalue weighted by Gasteiger charge is -2.16. The number of para-hydroxylation sites is 1. The Kier molecular flexibility index (Phi) is 8.65. The number of nitrogens with zero attached hydrogens (tertiary/aromatic N) is 2. The van der Waals surface area contributed by atoms with Crippen molar-refractivity contribution in [3.05, 3.63) is 83.9 Å². The van der Waals surface area contributed by atoms with Crippen molar-refractivity contribution in [3.63, 3.8) is 0 Å². The van der Waals surface area contributed by atoms with Crippen LogP contribution in [-0.4, -0.2) is 54.1 Å².